The van der Waals surface area contributed by atoms with Gasteiger partial charge in [0.2, 0.25) is 5.91 Å². The summed E-state index contributed by atoms with van der Waals surface area (Å²) in [5.74, 6) is -0.771. The molecule has 3 rings (SSSR count). The molecule has 1 aliphatic carbocycles. The molecule has 0 atom stereocenters. The Morgan fingerprint density at radius 1 is 1.12 bits per heavy atom. The Morgan fingerprint density at radius 3 is 2.42 bits per heavy atom. The Balaban J connectivity index is 1.67. The van der Waals surface area contributed by atoms with Gasteiger partial charge >= 0.3 is 5.97 Å². The first kappa shape index (κ1) is 16.2. The summed E-state index contributed by atoms with van der Waals surface area (Å²) in [5.41, 5.74) is 3.55. The quantitative estimate of drug-likeness (QED) is 0.852. The van der Waals surface area contributed by atoms with Crippen molar-refractivity contribution in [2.24, 2.45) is 0 Å². The highest BCUT2D eigenvalue weighted by atomic mass is 16.4. The lowest BCUT2D eigenvalue weighted by Gasteiger charge is -2.16. The molecule has 1 amide bonds. The van der Waals surface area contributed by atoms with Gasteiger partial charge in [-0.05, 0) is 49.4 Å². The molecule has 0 radical (unpaired) electrons. The summed E-state index contributed by atoms with van der Waals surface area (Å²) in [4.78, 5) is 23.3. The maximum absolute atomic E-state index is 12.7. The van der Waals surface area contributed by atoms with Crippen LogP contribution >= 0.6 is 0 Å². The fourth-order valence-corrected chi connectivity index (χ4v) is 2.97. The lowest BCUT2D eigenvalue weighted by Crippen LogP contribution is -2.27. The van der Waals surface area contributed by atoms with E-state index in [0.29, 0.717) is 6.42 Å². The summed E-state index contributed by atoms with van der Waals surface area (Å²) in [5, 5.41) is 11.7. The van der Waals surface area contributed by atoms with Crippen LogP contribution in [0.5, 0.6) is 0 Å². The molecule has 1 fully saturated rings. The number of rotatable bonds is 6. The predicted octanol–water partition coefficient (Wildman–Crippen LogP) is 3.68. The number of hydrogen-bond acceptors (Lipinski definition) is 2. The summed E-state index contributed by atoms with van der Waals surface area (Å²) in [7, 11) is 0. The summed E-state index contributed by atoms with van der Waals surface area (Å²) in [6, 6.07) is 15.5. The van der Waals surface area contributed by atoms with Gasteiger partial charge < -0.3 is 10.4 Å². The van der Waals surface area contributed by atoms with Crippen molar-refractivity contribution in [2.75, 3.05) is 5.32 Å². The molecule has 2 aromatic carbocycles. The molecule has 0 unspecified atom stereocenters. The van der Waals surface area contributed by atoms with Gasteiger partial charge in [0.25, 0.3) is 0 Å². The molecule has 4 nitrogen and oxygen atoms in total. The molecular formula is C20H21NO3. The number of carboxylic acids is 1. The summed E-state index contributed by atoms with van der Waals surface area (Å²) >= 11 is 0. The van der Waals surface area contributed by atoms with Crippen molar-refractivity contribution in [3.8, 4) is 0 Å². The van der Waals surface area contributed by atoms with Crippen molar-refractivity contribution in [1.29, 1.82) is 0 Å². The average Bonchev–Trinajstić information content (AvgIpc) is 3.36. The lowest BCUT2D eigenvalue weighted by atomic mass is 9.93. The molecule has 124 valence electrons. The van der Waals surface area contributed by atoms with E-state index in [1.54, 1.807) is 0 Å². The summed E-state index contributed by atoms with van der Waals surface area (Å²) in [6.45, 7) is 2.04. The van der Waals surface area contributed by atoms with Crippen LogP contribution in [0.3, 0.4) is 0 Å². The Hall–Kier alpha value is -2.62. The van der Waals surface area contributed by atoms with Crippen molar-refractivity contribution >= 4 is 17.6 Å². The fraction of sp³-hybridized carbons (Fsp3) is 0.300. The van der Waals surface area contributed by atoms with Gasteiger partial charge in [-0.25, -0.2) is 0 Å². The molecule has 0 heterocycles. The first-order valence-electron chi connectivity index (χ1n) is 8.19. The third-order valence-corrected chi connectivity index (χ3v) is 4.59. The number of nitrogens with one attached hydrogen (secondary N) is 1. The first-order chi connectivity index (χ1) is 11.5. The Kier molecular flexibility index (Phi) is 4.38. The van der Waals surface area contributed by atoms with Crippen molar-refractivity contribution < 1.29 is 14.7 Å². The maximum atomic E-state index is 12.7. The molecule has 0 spiro atoms. The number of carbonyl (C=O) groups excluding carboxylic acids is 1. The van der Waals surface area contributed by atoms with Crippen LogP contribution < -0.4 is 5.32 Å². The largest absolute Gasteiger partial charge is 0.481 e. The molecule has 24 heavy (non-hydrogen) atoms. The van der Waals surface area contributed by atoms with E-state index in [1.165, 1.54) is 0 Å². The number of hydrogen-bond donors (Lipinski definition) is 2. The van der Waals surface area contributed by atoms with Gasteiger partial charge in [-0.2, -0.15) is 0 Å². The molecule has 4 heteroatoms. The van der Waals surface area contributed by atoms with E-state index in [0.717, 1.165) is 35.2 Å². The molecule has 0 saturated heterocycles. The minimum atomic E-state index is -0.804. The zero-order valence-electron chi connectivity index (χ0n) is 13.7. The second-order valence-corrected chi connectivity index (χ2v) is 6.50. The van der Waals surface area contributed by atoms with E-state index >= 15 is 0 Å². The highest BCUT2D eigenvalue weighted by Gasteiger charge is 2.51. The Labute approximate surface area is 141 Å². The second kappa shape index (κ2) is 6.48. The van der Waals surface area contributed by atoms with E-state index in [2.05, 4.69) is 11.4 Å². The molecule has 2 aromatic rings. The normalized spacial score (nSPS) is 14.9. The van der Waals surface area contributed by atoms with E-state index in [9.17, 15) is 9.59 Å². The zero-order valence-corrected chi connectivity index (χ0v) is 13.7. The number of benzene rings is 2. The minimum Gasteiger partial charge on any atom is -0.481 e. The molecule has 2 N–H and O–H groups in total. The van der Waals surface area contributed by atoms with Crippen molar-refractivity contribution in [3.63, 3.8) is 0 Å². The van der Waals surface area contributed by atoms with E-state index < -0.39 is 11.4 Å². The van der Waals surface area contributed by atoms with Crippen LogP contribution in [0.2, 0.25) is 0 Å². The fourth-order valence-electron chi connectivity index (χ4n) is 2.97. The third kappa shape index (κ3) is 3.48. The van der Waals surface area contributed by atoms with Gasteiger partial charge in [0, 0.05) is 12.1 Å². The molecule has 1 aliphatic rings. The number of aryl methyl sites for hydroxylation is 2. The first-order valence-corrected chi connectivity index (χ1v) is 8.19. The Morgan fingerprint density at radius 2 is 1.83 bits per heavy atom. The van der Waals surface area contributed by atoms with Gasteiger partial charge in [-0.3, -0.25) is 9.59 Å². The number of carbonyl (C=O) groups is 2. The zero-order chi connectivity index (χ0) is 17.2. The van der Waals surface area contributed by atoms with Gasteiger partial charge in [-0.15, -0.1) is 0 Å². The van der Waals surface area contributed by atoms with Crippen LogP contribution in [0.15, 0.2) is 48.5 Å². The van der Waals surface area contributed by atoms with Crippen LogP contribution in [-0.2, 0) is 21.4 Å². The van der Waals surface area contributed by atoms with E-state index in [1.807, 2.05) is 49.4 Å². The monoisotopic (exact) mass is 323 g/mol. The number of amides is 1. The molecule has 0 aliphatic heterocycles. The van der Waals surface area contributed by atoms with E-state index in [4.69, 9.17) is 5.11 Å². The SMILES string of the molecule is Cc1cccc(C2(C(=O)Nc3ccc(CCC(=O)O)cc3)CC2)c1. The van der Waals surface area contributed by atoms with Gasteiger partial charge in [0.05, 0.1) is 5.41 Å². The van der Waals surface area contributed by atoms with Crippen LogP contribution in [0.25, 0.3) is 0 Å². The van der Waals surface area contributed by atoms with Crippen molar-refractivity contribution in [3.05, 3.63) is 65.2 Å². The maximum Gasteiger partial charge on any atom is 0.303 e. The Bertz CT molecular complexity index is 761. The third-order valence-electron chi connectivity index (χ3n) is 4.59. The highest BCUT2D eigenvalue weighted by Crippen LogP contribution is 2.49. The molecule has 1 saturated carbocycles. The summed E-state index contributed by atoms with van der Waals surface area (Å²) in [6.07, 6.45) is 2.36. The van der Waals surface area contributed by atoms with Gasteiger partial charge in [-0.1, -0.05) is 42.0 Å². The van der Waals surface area contributed by atoms with Crippen molar-refractivity contribution in [1.82, 2.24) is 0 Å². The van der Waals surface area contributed by atoms with Gasteiger partial charge in [0.1, 0.15) is 0 Å². The average molecular weight is 323 g/mol. The van der Waals surface area contributed by atoms with Gasteiger partial charge in [0.15, 0.2) is 0 Å². The van der Waals surface area contributed by atoms with Crippen molar-refractivity contribution in [2.45, 2.75) is 38.0 Å². The van der Waals surface area contributed by atoms with Crippen LogP contribution in [0.4, 0.5) is 5.69 Å². The predicted molar refractivity (Wildman–Crippen MR) is 93.1 cm³/mol. The lowest BCUT2D eigenvalue weighted by molar-refractivity contribution is -0.137. The minimum absolute atomic E-state index is 0.0337. The van der Waals surface area contributed by atoms with Crippen LogP contribution in [0.1, 0.15) is 36.0 Å². The molecular weight excluding hydrogens is 302 g/mol. The summed E-state index contributed by atoms with van der Waals surface area (Å²) < 4.78 is 0. The highest BCUT2D eigenvalue weighted by molar-refractivity contribution is 6.01. The van der Waals surface area contributed by atoms with Crippen LogP contribution in [-0.4, -0.2) is 17.0 Å². The molecule has 0 bridgehead atoms. The number of carboxylic acid groups (broad SMARTS) is 1. The number of aliphatic carboxylic acids is 1. The smallest absolute Gasteiger partial charge is 0.303 e. The van der Waals surface area contributed by atoms with E-state index in [-0.39, 0.29) is 12.3 Å². The number of anilines is 1. The topological polar surface area (TPSA) is 66.4 Å². The molecule has 0 aromatic heterocycles. The standard InChI is InChI=1S/C20H21NO3/c1-14-3-2-4-16(13-14)20(11-12-20)19(24)21-17-8-5-15(6-9-17)7-10-18(22)23/h2-6,8-9,13H,7,10-12H2,1H3,(H,21,24)(H,22,23). The second-order valence-electron chi connectivity index (χ2n) is 6.50. The van der Waals surface area contributed by atoms with Crippen LogP contribution in [0, 0.1) is 6.92 Å².